The van der Waals surface area contributed by atoms with Crippen LogP contribution in [0.1, 0.15) is 43.2 Å². The van der Waals surface area contributed by atoms with E-state index in [-0.39, 0.29) is 10.8 Å². The number of hydrogen-bond donors (Lipinski definition) is 1. The zero-order chi connectivity index (χ0) is 17.6. The molecule has 0 aliphatic carbocycles. The summed E-state index contributed by atoms with van der Waals surface area (Å²) in [6.07, 6.45) is 12.4. The maximum atomic E-state index is 12.0. The van der Waals surface area contributed by atoms with Gasteiger partial charge in [-0.3, -0.25) is 9.36 Å². The molecule has 3 heterocycles. The van der Waals surface area contributed by atoms with Crippen molar-refractivity contribution in [3.05, 3.63) is 56.9 Å². The van der Waals surface area contributed by atoms with Crippen LogP contribution in [0.2, 0.25) is 0 Å². The lowest BCUT2D eigenvalue weighted by Crippen LogP contribution is -2.12. The van der Waals surface area contributed by atoms with Crippen LogP contribution < -0.4 is 4.87 Å². The Kier molecular flexibility index (Phi) is 5.71. The second-order valence-electron chi connectivity index (χ2n) is 6.00. The van der Waals surface area contributed by atoms with E-state index < -0.39 is 0 Å². The first-order chi connectivity index (χ1) is 12.2. The van der Waals surface area contributed by atoms with Crippen LogP contribution in [0, 0.1) is 0 Å². The van der Waals surface area contributed by atoms with Crippen LogP contribution in [0.4, 0.5) is 0 Å². The quantitative estimate of drug-likeness (QED) is 0.618. The number of aryl methyl sites for hydroxylation is 1. The molecule has 0 aliphatic heterocycles. The molecule has 6 heteroatoms. The van der Waals surface area contributed by atoms with E-state index in [1.54, 1.807) is 0 Å². The van der Waals surface area contributed by atoms with Crippen molar-refractivity contribution in [2.24, 2.45) is 0 Å². The molecule has 5 nitrogen and oxygen atoms in total. The summed E-state index contributed by atoms with van der Waals surface area (Å²) in [5.74, 6) is 0.0999. The van der Waals surface area contributed by atoms with Crippen molar-refractivity contribution in [2.75, 3.05) is 0 Å². The first kappa shape index (κ1) is 17.5. The molecule has 0 unspecified atom stereocenters. The van der Waals surface area contributed by atoms with Crippen LogP contribution in [-0.4, -0.2) is 19.1 Å². The van der Waals surface area contributed by atoms with Crippen molar-refractivity contribution in [1.29, 1.82) is 0 Å². The van der Waals surface area contributed by atoms with E-state index in [1.165, 1.54) is 10.3 Å². The molecule has 3 aromatic rings. The molecule has 0 radical (unpaired) electrons. The first-order valence-electron chi connectivity index (χ1n) is 8.70. The average Bonchev–Trinajstić information content (AvgIpc) is 3.19. The lowest BCUT2D eigenvalue weighted by atomic mass is 10.1. The summed E-state index contributed by atoms with van der Waals surface area (Å²) in [6.45, 7) is 2.59. The van der Waals surface area contributed by atoms with Gasteiger partial charge in [-0.05, 0) is 43.9 Å². The van der Waals surface area contributed by atoms with E-state index in [1.807, 2.05) is 43.6 Å². The predicted octanol–water partition coefficient (Wildman–Crippen LogP) is 4.10. The van der Waals surface area contributed by atoms with Crippen molar-refractivity contribution < 1.29 is 5.11 Å². The first-order valence-corrected chi connectivity index (χ1v) is 9.52. The van der Waals surface area contributed by atoms with E-state index in [4.69, 9.17) is 0 Å². The third-order valence-corrected chi connectivity index (χ3v) is 5.16. The van der Waals surface area contributed by atoms with Gasteiger partial charge in [0, 0.05) is 24.6 Å². The Balaban J connectivity index is 1.52. The van der Waals surface area contributed by atoms with E-state index in [0.717, 1.165) is 49.1 Å². The molecule has 0 saturated carbocycles. The Morgan fingerprint density at radius 1 is 1.28 bits per heavy atom. The summed E-state index contributed by atoms with van der Waals surface area (Å²) in [5.41, 5.74) is 2.22. The van der Waals surface area contributed by atoms with Gasteiger partial charge in [0.2, 0.25) is 5.88 Å². The van der Waals surface area contributed by atoms with Crippen molar-refractivity contribution in [1.82, 2.24) is 14.0 Å². The number of rotatable bonds is 8. The number of hydrogen-bond acceptors (Lipinski definition) is 4. The Hall–Kier alpha value is -2.34. The molecular weight excluding hydrogens is 334 g/mol. The molecule has 0 spiro atoms. The highest BCUT2D eigenvalue weighted by Gasteiger charge is 2.11. The van der Waals surface area contributed by atoms with Gasteiger partial charge in [0.1, 0.15) is 5.65 Å². The fourth-order valence-corrected chi connectivity index (χ4v) is 3.75. The molecule has 0 atom stereocenters. The third-order valence-electron chi connectivity index (χ3n) is 4.23. The standard InChI is InChI=1S/C19H23N3O2S/c1-2-3-10-16-18(23)22(19(24)25-16)13-6-4-5-8-15-9-7-11-17-20-12-14-21(15)17/h3,7,9-12,14,23H,2,4-6,8,13H2,1H3. The second-order valence-corrected chi connectivity index (χ2v) is 6.99. The number of allylic oxidation sites excluding steroid dienone is 1. The zero-order valence-electron chi connectivity index (χ0n) is 14.4. The predicted molar refractivity (Wildman–Crippen MR) is 102 cm³/mol. The average molecular weight is 357 g/mol. The molecule has 0 aliphatic rings. The molecule has 3 aromatic heterocycles. The van der Waals surface area contributed by atoms with Gasteiger partial charge in [0.25, 0.3) is 0 Å². The molecule has 0 amide bonds. The van der Waals surface area contributed by atoms with Gasteiger partial charge < -0.3 is 9.51 Å². The second kappa shape index (κ2) is 8.16. The number of unbranched alkanes of at least 4 members (excludes halogenated alkanes) is 2. The van der Waals surface area contributed by atoms with E-state index >= 15 is 0 Å². The molecule has 0 aromatic carbocycles. The van der Waals surface area contributed by atoms with E-state index in [9.17, 15) is 9.90 Å². The zero-order valence-corrected chi connectivity index (χ0v) is 15.2. The normalized spacial score (nSPS) is 11.7. The van der Waals surface area contributed by atoms with Crippen LogP contribution in [0.25, 0.3) is 11.7 Å². The number of thiazole rings is 1. The number of aromatic hydroxyl groups is 1. The van der Waals surface area contributed by atoms with Gasteiger partial charge in [-0.15, -0.1) is 0 Å². The SMILES string of the molecule is CCC=Cc1sc(=O)n(CCCCCc2cccc3nccn23)c1O. The molecule has 25 heavy (non-hydrogen) atoms. The Bertz CT molecular complexity index is 920. The van der Waals surface area contributed by atoms with E-state index in [0.29, 0.717) is 11.4 Å². The highest BCUT2D eigenvalue weighted by Crippen LogP contribution is 2.22. The lowest BCUT2D eigenvalue weighted by Gasteiger charge is -2.06. The largest absolute Gasteiger partial charge is 0.493 e. The van der Waals surface area contributed by atoms with Crippen molar-refractivity contribution in [3.63, 3.8) is 0 Å². The molecule has 1 N–H and O–H groups in total. The maximum Gasteiger partial charge on any atom is 0.310 e. The van der Waals surface area contributed by atoms with Gasteiger partial charge in [-0.25, -0.2) is 4.98 Å². The summed E-state index contributed by atoms with van der Waals surface area (Å²) in [5, 5.41) is 10.2. The Morgan fingerprint density at radius 3 is 3.00 bits per heavy atom. The molecule has 3 rings (SSSR count). The van der Waals surface area contributed by atoms with Gasteiger partial charge in [0.15, 0.2) is 0 Å². The number of nitrogens with zero attached hydrogens (tertiary/aromatic N) is 3. The molecule has 0 bridgehead atoms. The van der Waals surface area contributed by atoms with E-state index in [2.05, 4.69) is 15.5 Å². The minimum atomic E-state index is -0.0866. The fourth-order valence-electron chi connectivity index (χ4n) is 2.91. The maximum absolute atomic E-state index is 12.0. The minimum absolute atomic E-state index is 0.0866. The highest BCUT2D eigenvalue weighted by molar-refractivity contribution is 7.10. The van der Waals surface area contributed by atoms with Gasteiger partial charge in [-0.1, -0.05) is 36.8 Å². The Morgan fingerprint density at radius 2 is 2.16 bits per heavy atom. The summed E-state index contributed by atoms with van der Waals surface area (Å²) in [4.78, 5) is 16.9. The Labute approximate surface area is 150 Å². The summed E-state index contributed by atoms with van der Waals surface area (Å²) < 4.78 is 3.60. The van der Waals surface area contributed by atoms with Crippen molar-refractivity contribution in [3.8, 4) is 5.88 Å². The topological polar surface area (TPSA) is 59.5 Å². The molecule has 0 saturated heterocycles. The van der Waals surface area contributed by atoms with Crippen LogP contribution in [0.3, 0.4) is 0 Å². The van der Waals surface area contributed by atoms with Gasteiger partial charge in [0.05, 0.1) is 4.88 Å². The van der Waals surface area contributed by atoms with Crippen LogP contribution in [0.15, 0.2) is 41.5 Å². The number of imidazole rings is 1. The number of fused-ring (bicyclic) bond motifs is 1. The summed E-state index contributed by atoms with van der Waals surface area (Å²) in [7, 11) is 0. The molecule has 132 valence electrons. The van der Waals surface area contributed by atoms with Crippen LogP contribution in [0.5, 0.6) is 5.88 Å². The van der Waals surface area contributed by atoms with Crippen LogP contribution in [-0.2, 0) is 13.0 Å². The molecule has 0 fully saturated rings. The molecular formula is C19H23N3O2S. The highest BCUT2D eigenvalue weighted by atomic mass is 32.1. The third kappa shape index (κ3) is 4.02. The summed E-state index contributed by atoms with van der Waals surface area (Å²) in [6, 6.07) is 6.15. The van der Waals surface area contributed by atoms with Crippen LogP contribution >= 0.6 is 11.3 Å². The van der Waals surface area contributed by atoms with Gasteiger partial charge >= 0.3 is 4.87 Å². The fraction of sp³-hybridized carbons (Fsp3) is 0.368. The number of aromatic nitrogens is 3. The van der Waals surface area contributed by atoms with Crippen molar-refractivity contribution in [2.45, 2.75) is 45.6 Å². The summed E-state index contributed by atoms with van der Waals surface area (Å²) >= 11 is 1.10. The lowest BCUT2D eigenvalue weighted by molar-refractivity contribution is 0.405. The van der Waals surface area contributed by atoms with Crippen molar-refractivity contribution >= 4 is 23.1 Å². The van der Waals surface area contributed by atoms with Gasteiger partial charge in [-0.2, -0.15) is 0 Å². The number of pyridine rings is 1. The smallest absolute Gasteiger partial charge is 0.310 e. The monoisotopic (exact) mass is 357 g/mol. The minimum Gasteiger partial charge on any atom is -0.493 e.